The number of amides is 1. The number of hydrogen-bond acceptors (Lipinski definition) is 4. The summed E-state index contributed by atoms with van der Waals surface area (Å²) >= 11 is 0. The third-order valence-electron chi connectivity index (χ3n) is 4.95. The predicted octanol–water partition coefficient (Wildman–Crippen LogP) is 3.68. The molecule has 0 spiro atoms. The van der Waals surface area contributed by atoms with E-state index in [0.29, 0.717) is 35.6 Å². The molecule has 1 amide bonds. The van der Waals surface area contributed by atoms with E-state index >= 15 is 0 Å². The topological polar surface area (TPSA) is 65.4 Å². The Hall–Kier alpha value is -2.50. The van der Waals surface area contributed by atoms with Crippen LogP contribution in [0.2, 0.25) is 0 Å². The van der Waals surface area contributed by atoms with Crippen molar-refractivity contribution in [3.8, 4) is 11.5 Å². The van der Waals surface area contributed by atoms with Crippen molar-refractivity contribution in [3.63, 3.8) is 0 Å². The van der Waals surface area contributed by atoms with E-state index in [0.717, 1.165) is 30.5 Å². The molecule has 1 aromatic heterocycles. The fraction of sp³-hybridized carbons (Fsp3) is 0.500. The Morgan fingerprint density at radius 3 is 2.65 bits per heavy atom. The molecule has 0 bridgehead atoms. The first-order valence-electron chi connectivity index (χ1n) is 9.15. The van der Waals surface area contributed by atoms with Gasteiger partial charge in [-0.3, -0.25) is 9.48 Å². The third kappa shape index (κ3) is 3.69. The zero-order chi connectivity index (χ0) is 18.7. The molecule has 1 N–H and O–H groups in total. The lowest BCUT2D eigenvalue weighted by Crippen LogP contribution is -2.24. The first kappa shape index (κ1) is 18.3. The Kier molecular flexibility index (Phi) is 5.49. The smallest absolute Gasteiger partial charge is 0.255 e. The van der Waals surface area contributed by atoms with Crippen LogP contribution < -0.4 is 14.8 Å². The summed E-state index contributed by atoms with van der Waals surface area (Å²) in [6, 6.07) is 5.95. The summed E-state index contributed by atoms with van der Waals surface area (Å²) < 4.78 is 12.6. The maximum Gasteiger partial charge on any atom is 0.255 e. The van der Waals surface area contributed by atoms with Crippen LogP contribution in [0.3, 0.4) is 0 Å². The molecule has 0 saturated heterocycles. The van der Waals surface area contributed by atoms with Gasteiger partial charge in [-0.05, 0) is 43.9 Å². The Morgan fingerprint density at radius 2 is 2.04 bits per heavy atom. The van der Waals surface area contributed by atoms with Crippen molar-refractivity contribution in [1.29, 1.82) is 0 Å². The van der Waals surface area contributed by atoms with Gasteiger partial charge in [-0.1, -0.05) is 13.0 Å². The van der Waals surface area contributed by atoms with E-state index in [9.17, 15) is 4.79 Å². The van der Waals surface area contributed by atoms with E-state index in [1.807, 2.05) is 22.9 Å². The summed E-state index contributed by atoms with van der Waals surface area (Å²) in [7, 11) is 3.21. The molecule has 6 nitrogen and oxygen atoms in total. The van der Waals surface area contributed by atoms with Crippen molar-refractivity contribution in [1.82, 2.24) is 15.1 Å². The van der Waals surface area contributed by atoms with E-state index in [1.54, 1.807) is 20.4 Å². The number of carbonyl (C=O) groups is 1. The average Bonchev–Trinajstić information content (AvgIpc) is 3.42. The summed E-state index contributed by atoms with van der Waals surface area (Å²) in [6.07, 6.45) is 4.98. The Bertz CT molecular complexity index is 781. The minimum atomic E-state index is -0.0729. The number of methoxy groups -OCH3 is 2. The van der Waals surface area contributed by atoms with Crippen LogP contribution in [0, 0.1) is 0 Å². The number of aromatic nitrogens is 2. The van der Waals surface area contributed by atoms with Crippen molar-refractivity contribution in [2.45, 2.75) is 51.6 Å². The van der Waals surface area contributed by atoms with Gasteiger partial charge in [0.25, 0.3) is 5.91 Å². The van der Waals surface area contributed by atoms with Gasteiger partial charge in [0.1, 0.15) is 0 Å². The predicted molar refractivity (Wildman–Crippen MR) is 99.9 cm³/mol. The number of ether oxygens (including phenoxy) is 2. The van der Waals surface area contributed by atoms with Crippen molar-refractivity contribution >= 4 is 5.91 Å². The third-order valence-corrected chi connectivity index (χ3v) is 4.95. The largest absolute Gasteiger partial charge is 0.493 e. The Morgan fingerprint density at radius 1 is 1.31 bits per heavy atom. The molecule has 2 aromatic rings. The number of hydrogen-bond donors (Lipinski definition) is 1. The van der Waals surface area contributed by atoms with Crippen LogP contribution in [-0.4, -0.2) is 29.9 Å². The molecule has 1 aromatic carbocycles. The van der Waals surface area contributed by atoms with Gasteiger partial charge in [-0.15, -0.1) is 0 Å². The van der Waals surface area contributed by atoms with Crippen LogP contribution in [0.4, 0.5) is 0 Å². The van der Waals surface area contributed by atoms with Gasteiger partial charge in [0.05, 0.1) is 31.7 Å². The van der Waals surface area contributed by atoms with Crippen LogP contribution in [0.25, 0.3) is 0 Å². The minimum Gasteiger partial charge on any atom is -0.493 e. The highest BCUT2D eigenvalue weighted by Gasteiger charge is 2.33. The molecule has 3 rings (SSSR count). The highest BCUT2D eigenvalue weighted by atomic mass is 16.5. The molecule has 140 valence electrons. The van der Waals surface area contributed by atoms with Gasteiger partial charge in [0, 0.05) is 18.5 Å². The summed E-state index contributed by atoms with van der Waals surface area (Å²) in [6.45, 7) is 4.71. The fourth-order valence-corrected chi connectivity index (χ4v) is 3.10. The molecule has 6 heteroatoms. The first-order valence-corrected chi connectivity index (χ1v) is 9.15. The Labute approximate surface area is 154 Å². The number of nitrogens with zero attached hydrogens (tertiary/aromatic N) is 2. The molecule has 1 heterocycles. The standard InChI is InChI=1S/C20H27N3O3/c1-5-13(2)23-19(15-7-8-15)16(12-22-23)20(24)21-11-14-6-9-17(25-3)18(10-14)26-4/h6,9-10,12-13,15H,5,7-8,11H2,1-4H3,(H,21,24)/t13-/m0/s1. The number of rotatable bonds is 8. The van der Waals surface area contributed by atoms with Crippen LogP contribution in [0.5, 0.6) is 11.5 Å². The van der Waals surface area contributed by atoms with Crippen molar-refractivity contribution in [2.24, 2.45) is 0 Å². The highest BCUT2D eigenvalue weighted by molar-refractivity contribution is 5.95. The van der Waals surface area contributed by atoms with E-state index in [4.69, 9.17) is 9.47 Å². The monoisotopic (exact) mass is 357 g/mol. The molecule has 1 aliphatic carbocycles. The first-order chi connectivity index (χ1) is 12.6. The van der Waals surface area contributed by atoms with Gasteiger partial charge in [0.2, 0.25) is 0 Å². The van der Waals surface area contributed by atoms with Gasteiger partial charge < -0.3 is 14.8 Å². The lowest BCUT2D eigenvalue weighted by molar-refractivity contribution is 0.0949. The lowest BCUT2D eigenvalue weighted by atomic mass is 10.1. The minimum absolute atomic E-state index is 0.0729. The molecule has 1 saturated carbocycles. The Balaban J connectivity index is 1.74. The van der Waals surface area contributed by atoms with Crippen molar-refractivity contribution in [2.75, 3.05) is 14.2 Å². The normalized spacial score (nSPS) is 14.8. The second-order valence-corrected chi connectivity index (χ2v) is 6.79. The average molecular weight is 357 g/mol. The number of benzene rings is 1. The highest BCUT2D eigenvalue weighted by Crippen LogP contribution is 2.42. The molecular formula is C20H27N3O3. The molecule has 1 fully saturated rings. The van der Waals surface area contributed by atoms with Crippen LogP contribution in [-0.2, 0) is 6.54 Å². The maximum absolute atomic E-state index is 12.8. The van der Waals surface area contributed by atoms with E-state index in [1.165, 1.54) is 0 Å². The SMILES string of the molecule is CC[C@H](C)n1ncc(C(=O)NCc2ccc(OC)c(OC)c2)c1C1CC1. The fourth-order valence-electron chi connectivity index (χ4n) is 3.10. The molecule has 1 atom stereocenters. The van der Waals surface area contributed by atoms with Crippen molar-refractivity contribution in [3.05, 3.63) is 41.2 Å². The zero-order valence-electron chi connectivity index (χ0n) is 15.9. The van der Waals surface area contributed by atoms with Gasteiger partial charge >= 0.3 is 0 Å². The molecule has 26 heavy (non-hydrogen) atoms. The van der Waals surface area contributed by atoms with Gasteiger partial charge in [-0.25, -0.2) is 0 Å². The van der Waals surface area contributed by atoms with Gasteiger partial charge in [-0.2, -0.15) is 5.10 Å². The van der Waals surface area contributed by atoms with E-state index < -0.39 is 0 Å². The summed E-state index contributed by atoms with van der Waals surface area (Å²) in [5.41, 5.74) is 2.75. The second-order valence-electron chi connectivity index (χ2n) is 6.79. The molecular weight excluding hydrogens is 330 g/mol. The summed E-state index contributed by atoms with van der Waals surface area (Å²) in [5, 5.41) is 7.50. The zero-order valence-corrected chi connectivity index (χ0v) is 15.9. The van der Waals surface area contributed by atoms with Crippen molar-refractivity contribution < 1.29 is 14.3 Å². The number of carbonyl (C=O) groups excluding carboxylic acids is 1. The van der Waals surface area contributed by atoms with Gasteiger partial charge in [0.15, 0.2) is 11.5 Å². The molecule has 0 unspecified atom stereocenters. The number of nitrogens with one attached hydrogen (secondary N) is 1. The molecule has 0 aliphatic heterocycles. The van der Waals surface area contributed by atoms with Crippen LogP contribution >= 0.6 is 0 Å². The summed E-state index contributed by atoms with van der Waals surface area (Å²) in [5.74, 6) is 1.72. The molecule has 1 aliphatic rings. The summed E-state index contributed by atoms with van der Waals surface area (Å²) in [4.78, 5) is 12.8. The lowest BCUT2D eigenvalue weighted by Gasteiger charge is -2.15. The van der Waals surface area contributed by atoms with E-state index in [-0.39, 0.29) is 5.91 Å². The van der Waals surface area contributed by atoms with Crippen LogP contribution in [0.1, 0.15) is 66.7 Å². The second kappa shape index (κ2) is 7.81. The van der Waals surface area contributed by atoms with E-state index in [2.05, 4.69) is 24.3 Å². The van der Waals surface area contributed by atoms with Crippen LogP contribution in [0.15, 0.2) is 24.4 Å². The maximum atomic E-state index is 12.8. The quantitative estimate of drug-likeness (QED) is 0.783. The molecule has 0 radical (unpaired) electrons.